The Morgan fingerprint density at radius 1 is 1.16 bits per heavy atom. The lowest BCUT2D eigenvalue weighted by atomic mass is 10.1. The molecule has 0 unspecified atom stereocenters. The summed E-state index contributed by atoms with van der Waals surface area (Å²) in [5, 5.41) is 21.9. The molecule has 1 atom stereocenters. The van der Waals surface area contributed by atoms with Gasteiger partial charge in [-0.3, -0.25) is 0 Å². The largest absolute Gasteiger partial charge is 0.506 e. The summed E-state index contributed by atoms with van der Waals surface area (Å²) in [5.41, 5.74) is 1.34. The van der Waals surface area contributed by atoms with Crippen molar-refractivity contribution in [3.8, 4) is 17.6 Å². The molecule has 0 bridgehead atoms. The van der Waals surface area contributed by atoms with E-state index in [-0.39, 0.29) is 5.75 Å². The van der Waals surface area contributed by atoms with Gasteiger partial charge in [-0.15, -0.1) is 0 Å². The van der Waals surface area contributed by atoms with E-state index in [2.05, 4.69) is 11.4 Å². The quantitative estimate of drug-likeness (QED) is 0.823. The van der Waals surface area contributed by atoms with Gasteiger partial charge in [-0.05, 0) is 29.8 Å². The normalized spacial score (nSPS) is 11.4. The maximum Gasteiger partial charge on any atom is 0.140 e. The van der Waals surface area contributed by atoms with Crippen molar-refractivity contribution in [2.75, 3.05) is 12.4 Å². The number of hydrogen-bond acceptors (Lipinski definition) is 4. The molecule has 0 heterocycles. The Kier molecular flexibility index (Phi) is 3.89. The van der Waals surface area contributed by atoms with Crippen LogP contribution in [0.1, 0.15) is 11.6 Å². The van der Waals surface area contributed by atoms with Crippen LogP contribution in [0.5, 0.6) is 11.5 Å². The van der Waals surface area contributed by atoms with E-state index in [4.69, 9.17) is 4.74 Å². The molecule has 2 rings (SSSR count). The Hall–Kier alpha value is -2.67. The van der Waals surface area contributed by atoms with Crippen molar-refractivity contribution in [2.24, 2.45) is 0 Å². The summed E-state index contributed by atoms with van der Waals surface area (Å²) >= 11 is 0. The molecule has 0 radical (unpaired) electrons. The molecule has 4 nitrogen and oxygen atoms in total. The zero-order valence-electron chi connectivity index (χ0n) is 10.5. The maximum atomic E-state index is 9.69. The van der Waals surface area contributed by atoms with Crippen LogP contribution in [0.4, 0.5) is 5.69 Å². The SMILES string of the molecule is COc1ccc([C@H](C#N)Nc2ccccc2O)cc1. The lowest BCUT2D eigenvalue weighted by Gasteiger charge is -2.14. The molecule has 4 heteroatoms. The van der Waals surface area contributed by atoms with Gasteiger partial charge in [0, 0.05) is 0 Å². The first-order valence-electron chi connectivity index (χ1n) is 5.82. The standard InChI is InChI=1S/C15H14N2O2/c1-19-12-8-6-11(7-9-12)14(10-16)17-13-4-2-3-5-15(13)18/h2-9,14,17-18H,1H3/t14-/m0/s1. The van der Waals surface area contributed by atoms with E-state index in [1.807, 2.05) is 12.1 Å². The number of anilines is 1. The zero-order valence-corrected chi connectivity index (χ0v) is 10.5. The summed E-state index contributed by atoms with van der Waals surface area (Å²) < 4.78 is 5.08. The highest BCUT2D eigenvalue weighted by Gasteiger charge is 2.12. The minimum Gasteiger partial charge on any atom is -0.506 e. The Morgan fingerprint density at radius 3 is 2.42 bits per heavy atom. The highest BCUT2D eigenvalue weighted by atomic mass is 16.5. The third kappa shape index (κ3) is 2.96. The molecule has 0 fully saturated rings. The average Bonchev–Trinajstić information content (AvgIpc) is 2.47. The minimum absolute atomic E-state index is 0.122. The van der Waals surface area contributed by atoms with Crippen LogP contribution in [0.2, 0.25) is 0 Å². The first-order chi connectivity index (χ1) is 9.24. The van der Waals surface area contributed by atoms with Crippen LogP contribution in [0.3, 0.4) is 0 Å². The van der Waals surface area contributed by atoms with Crippen LogP contribution < -0.4 is 10.1 Å². The van der Waals surface area contributed by atoms with Gasteiger partial charge < -0.3 is 15.2 Å². The summed E-state index contributed by atoms with van der Waals surface area (Å²) in [6.45, 7) is 0. The second-order valence-corrected chi connectivity index (χ2v) is 4.00. The number of phenolic OH excluding ortho intramolecular Hbond substituents is 1. The molecule has 0 aliphatic heterocycles. The molecule has 0 spiro atoms. The lowest BCUT2D eigenvalue weighted by Crippen LogP contribution is -2.08. The number of para-hydroxylation sites is 2. The van der Waals surface area contributed by atoms with Crippen LogP contribution in [0.15, 0.2) is 48.5 Å². The van der Waals surface area contributed by atoms with Crippen molar-refractivity contribution in [1.82, 2.24) is 0 Å². The van der Waals surface area contributed by atoms with Gasteiger partial charge in [-0.25, -0.2) is 0 Å². The molecule has 0 saturated carbocycles. The fourth-order valence-corrected chi connectivity index (χ4v) is 1.74. The molecule has 0 aliphatic carbocycles. The van der Waals surface area contributed by atoms with E-state index < -0.39 is 6.04 Å². The highest BCUT2D eigenvalue weighted by Crippen LogP contribution is 2.27. The van der Waals surface area contributed by atoms with Crippen LogP contribution in [-0.2, 0) is 0 Å². The molecule has 0 saturated heterocycles. The fraction of sp³-hybridized carbons (Fsp3) is 0.133. The van der Waals surface area contributed by atoms with Crippen molar-refractivity contribution >= 4 is 5.69 Å². The Balaban J connectivity index is 2.21. The molecule has 0 aliphatic rings. The number of phenols is 1. The maximum absolute atomic E-state index is 9.69. The molecule has 19 heavy (non-hydrogen) atoms. The molecule has 2 N–H and O–H groups in total. The number of nitriles is 1. The minimum atomic E-state index is -0.529. The van der Waals surface area contributed by atoms with Gasteiger partial charge in [0.2, 0.25) is 0 Å². The van der Waals surface area contributed by atoms with E-state index in [9.17, 15) is 10.4 Å². The van der Waals surface area contributed by atoms with Gasteiger partial charge >= 0.3 is 0 Å². The number of rotatable bonds is 4. The molecule has 96 valence electrons. The van der Waals surface area contributed by atoms with Gasteiger partial charge in [-0.2, -0.15) is 5.26 Å². The topological polar surface area (TPSA) is 65.3 Å². The van der Waals surface area contributed by atoms with Crippen LogP contribution in [0.25, 0.3) is 0 Å². The van der Waals surface area contributed by atoms with E-state index in [0.29, 0.717) is 5.69 Å². The van der Waals surface area contributed by atoms with Crippen molar-refractivity contribution in [3.63, 3.8) is 0 Å². The number of benzene rings is 2. The lowest BCUT2D eigenvalue weighted by molar-refractivity contribution is 0.414. The number of hydrogen-bond donors (Lipinski definition) is 2. The summed E-state index contributed by atoms with van der Waals surface area (Å²) in [7, 11) is 1.59. The summed E-state index contributed by atoms with van der Waals surface area (Å²) in [5.74, 6) is 0.860. The third-order valence-corrected chi connectivity index (χ3v) is 2.78. The molecule has 0 amide bonds. The number of nitrogens with one attached hydrogen (secondary N) is 1. The monoisotopic (exact) mass is 254 g/mol. The van der Waals surface area contributed by atoms with E-state index in [1.165, 1.54) is 0 Å². The molecular formula is C15H14N2O2. The van der Waals surface area contributed by atoms with Crippen molar-refractivity contribution in [3.05, 3.63) is 54.1 Å². The van der Waals surface area contributed by atoms with Crippen LogP contribution in [0, 0.1) is 11.3 Å². The molecule has 2 aromatic carbocycles. The fourth-order valence-electron chi connectivity index (χ4n) is 1.74. The highest BCUT2D eigenvalue weighted by molar-refractivity contribution is 5.57. The third-order valence-electron chi connectivity index (χ3n) is 2.78. The van der Waals surface area contributed by atoms with Gasteiger partial charge in [0.15, 0.2) is 0 Å². The molecule has 2 aromatic rings. The average molecular weight is 254 g/mol. The zero-order chi connectivity index (χ0) is 13.7. The predicted molar refractivity (Wildman–Crippen MR) is 73.1 cm³/mol. The predicted octanol–water partition coefficient (Wildman–Crippen LogP) is 3.08. The van der Waals surface area contributed by atoms with Crippen molar-refractivity contribution in [1.29, 1.82) is 5.26 Å². The number of methoxy groups -OCH3 is 1. The van der Waals surface area contributed by atoms with Crippen molar-refractivity contribution in [2.45, 2.75) is 6.04 Å². The van der Waals surface area contributed by atoms with Crippen LogP contribution in [-0.4, -0.2) is 12.2 Å². The van der Waals surface area contributed by atoms with E-state index in [0.717, 1.165) is 11.3 Å². The van der Waals surface area contributed by atoms with Gasteiger partial charge in [0.05, 0.1) is 18.9 Å². The molecular weight excluding hydrogens is 240 g/mol. The second kappa shape index (κ2) is 5.78. The summed E-state index contributed by atoms with van der Waals surface area (Å²) in [6, 6.07) is 15.7. The number of ether oxygens (including phenoxy) is 1. The molecule has 0 aromatic heterocycles. The summed E-state index contributed by atoms with van der Waals surface area (Å²) in [6.07, 6.45) is 0. The number of aromatic hydroxyl groups is 1. The smallest absolute Gasteiger partial charge is 0.140 e. The van der Waals surface area contributed by atoms with Crippen LogP contribution >= 0.6 is 0 Å². The van der Waals surface area contributed by atoms with E-state index >= 15 is 0 Å². The van der Waals surface area contributed by atoms with Gasteiger partial charge in [-0.1, -0.05) is 24.3 Å². The van der Waals surface area contributed by atoms with E-state index in [1.54, 1.807) is 43.5 Å². The first-order valence-corrected chi connectivity index (χ1v) is 5.82. The number of nitrogens with zero attached hydrogens (tertiary/aromatic N) is 1. The Labute approximate surface area is 111 Å². The van der Waals surface area contributed by atoms with Gasteiger partial charge in [0.25, 0.3) is 0 Å². The Morgan fingerprint density at radius 2 is 1.84 bits per heavy atom. The Bertz CT molecular complexity index is 588. The second-order valence-electron chi connectivity index (χ2n) is 4.00. The summed E-state index contributed by atoms with van der Waals surface area (Å²) in [4.78, 5) is 0. The van der Waals surface area contributed by atoms with Gasteiger partial charge in [0.1, 0.15) is 17.5 Å². The van der Waals surface area contributed by atoms with Crippen molar-refractivity contribution < 1.29 is 9.84 Å². The first kappa shape index (κ1) is 12.8.